The lowest BCUT2D eigenvalue weighted by Crippen LogP contribution is -2.30. The van der Waals surface area contributed by atoms with Gasteiger partial charge < -0.3 is 9.84 Å². The molecular weight excluding hydrogens is 280 g/mol. The molecular formula is C14H20O5S. The first-order valence-electron chi connectivity index (χ1n) is 6.39. The smallest absolute Gasteiger partial charge is 0.322 e. The molecule has 1 atom stereocenters. The van der Waals surface area contributed by atoms with Gasteiger partial charge in [0.05, 0.1) is 12.0 Å². The average Bonchev–Trinajstić information content (AvgIpc) is 2.38. The van der Waals surface area contributed by atoms with E-state index in [-0.39, 0.29) is 17.2 Å². The van der Waals surface area contributed by atoms with E-state index in [2.05, 4.69) is 0 Å². The third-order valence-corrected chi connectivity index (χ3v) is 5.16. The van der Waals surface area contributed by atoms with Crippen LogP contribution in [0.15, 0.2) is 29.2 Å². The summed E-state index contributed by atoms with van der Waals surface area (Å²) in [6, 6.07) is 5.77. The van der Waals surface area contributed by atoms with Gasteiger partial charge in [0.2, 0.25) is 0 Å². The molecule has 0 aliphatic rings. The van der Waals surface area contributed by atoms with Crippen molar-refractivity contribution in [2.45, 2.75) is 36.8 Å². The molecule has 0 saturated heterocycles. The van der Waals surface area contributed by atoms with Crippen molar-refractivity contribution in [2.24, 2.45) is 5.92 Å². The summed E-state index contributed by atoms with van der Waals surface area (Å²) in [5.41, 5.74) is 0. The molecule has 0 fully saturated rings. The standard InChI is InChI=1S/C14H20O5S/c1-10(2)4-9-13(14(15)16)20(17,18)12-7-5-11(19-3)6-8-12/h5-8,10,13H,4,9H2,1-3H3,(H,15,16). The monoisotopic (exact) mass is 300 g/mol. The predicted molar refractivity (Wildman–Crippen MR) is 75.7 cm³/mol. The lowest BCUT2D eigenvalue weighted by Gasteiger charge is -2.15. The highest BCUT2D eigenvalue weighted by Crippen LogP contribution is 2.23. The van der Waals surface area contributed by atoms with E-state index < -0.39 is 21.1 Å². The Balaban J connectivity index is 3.05. The number of hydrogen-bond acceptors (Lipinski definition) is 4. The van der Waals surface area contributed by atoms with Gasteiger partial charge in [-0.15, -0.1) is 0 Å². The van der Waals surface area contributed by atoms with Crippen molar-refractivity contribution in [2.75, 3.05) is 7.11 Å². The zero-order valence-electron chi connectivity index (χ0n) is 11.9. The lowest BCUT2D eigenvalue weighted by atomic mass is 10.1. The molecule has 1 unspecified atom stereocenters. The summed E-state index contributed by atoms with van der Waals surface area (Å²) in [5.74, 6) is -0.526. The number of methoxy groups -OCH3 is 1. The fourth-order valence-electron chi connectivity index (χ4n) is 1.83. The molecule has 1 N–H and O–H groups in total. The Morgan fingerprint density at radius 3 is 2.15 bits per heavy atom. The van der Waals surface area contributed by atoms with Crippen LogP contribution in [0.2, 0.25) is 0 Å². The van der Waals surface area contributed by atoms with Crippen molar-refractivity contribution in [1.29, 1.82) is 0 Å². The third kappa shape index (κ3) is 3.96. The van der Waals surface area contributed by atoms with Gasteiger partial charge in [0, 0.05) is 0 Å². The number of carbonyl (C=O) groups is 1. The summed E-state index contributed by atoms with van der Waals surface area (Å²) < 4.78 is 29.7. The third-order valence-electron chi connectivity index (χ3n) is 3.04. The van der Waals surface area contributed by atoms with Crippen LogP contribution in [-0.4, -0.2) is 31.9 Å². The van der Waals surface area contributed by atoms with E-state index in [0.29, 0.717) is 12.2 Å². The highest BCUT2D eigenvalue weighted by molar-refractivity contribution is 7.92. The van der Waals surface area contributed by atoms with Crippen LogP contribution >= 0.6 is 0 Å². The van der Waals surface area contributed by atoms with E-state index in [0.717, 1.165) is 0 Å². The van der Waals surface area contributed by atoms with Crippen molar-refractivity contribution >= 4 is 15.8 Å². The van der Waals surface area contributed by atoms with Gasteiger partial charge in [-0.3, -0.25) is 4.79 Å². The highest BCUT2D eigenvalue weighted by atomic mass is 32.2. The molecule has 0 aromatic heterocycles. The molecule has 0 spiro atoms. The van der Waals surface area contributed by atoms with E-state index in [1.165, 1.54) is 31.4 Å². The van der Waals surface area contributed by atoms with Crippen LogP contribution in [0.1, 0.15) is 26.7 Å². The normalized spacial score (nSPS) is 13.2. The molecule has 0 amide bonds. The molecule has 1 aromatic carbocycles. The van der Waals surface area contributed by atoms with Crippen LogP contribution in [0.4, 0.5) is 0 Å². The second-order valence-corrected chi connectivity index (χ2v) is 7.15. The number of sulfone groups is 1. The van der Waals surface area contributed by atoms with E-state index in [1.54, 1.807) is 0 Å². The van der Waals surface area contributed by atoms with Crippen LogP contribution in [0.5, 0.6) is 5.75 Å². The zero-order valence-corrected chi connectivity index (χ0v) is 12.7. The number of aliphatic carboxylic acids is 1. The van der Waals surface area contributed by atoms with Crippen molar-refractivity contribution in [1.82, 2.24) is 0 Å². The van der Waals surface area contributed by atoms with Crippen molar-refractivity contribution in [3.63, 3.8) is 0 Å². The molecule has 0 bridgehead atoms. The fourth-order valence-corrected chi connectivity index (χ4v) is 3.38. The number of benzene rings is 1. The molecule has 112 valence electrons. The number of carboxylic acid groups (broad SMARTS) is 1. The van der Waals surface area contributed by atoms with Gasteiger partial charge in [0.15, 0.2) is 15.1 Å². The maximum atomic E-state index is 12.4. The summed E-state index contributed by atoms with van der Waals surface area (Å²) in [4.78, 5) is 11.3. The Morgan fingerprint density at radius 2 is 1.75 bits per heavy atom. The Morgan fingerprint density at radius 1 is 1.20 bits per heavy atom. The molecule has 1 aromatic rings. The summed E-state index contributed by atoms with van der Waals surface area (Å²) in [6.45, 7) is 3.86. The first kappa shape index (κ1) is 16.5. The van der Waals surface area contributed by atoms with E-state index >= 15 is 0 Å². The fraction of sp³-hybridized carbons (Fsp3) is 0.500. The maximum Gasteiger partial charge on any atom is 0.322 e. The van der Waals surface area contributed by atoms with E-state index in [4.69, 9.17) is 4.74 Å². The minimum absolute atomic E-state index is 0.00876. The summed E-state index contributed by atoms with van der Waals surface area (Å²) in [7, 11) is -2.40. The average molecular weight is 300 g/mol. The molecule has 20 heavy (non-hydrogen) atoms. The van der Waals surface area contributed by atoms with Gasteiger partial charge in [-0.25, -0.2) is 8.42 Å². The van der Waals surface area contributed by atoms with Crippen molar-refractivity contribution < 1.29 is 23.1 Å². The summed E-state index contributed by atoms with van der Waals surface area (Å²) in [5, 5.41) is 7.78. The number of carboxylic acids is 1. The maximum absolute atomic E-state index is 12.4. The van der Waals surface area contributed by atoms with Crippen LogP contribution < -0.4 is 4.74 Å². The highest BCUT2D eigenvalue weighted by Gasteiger charge is 2.33. The molecule has 0 radical (unpaired) electrons. The quantitative estimate of drug-likeness (QED) is 0.836. The van der Waals surface area contributed by atoms with Crippen LogP contribution in [-0.2, 0) is 14.6 Å². The molecule has 6 heteroatoms. The van der Waals surface area contributed by atoms with Gasteiger partial charge in [-0.2, -0.15) is 0 Å². The van der Waals surface area contributed by atoms with Gasteiger partial charge >= 0.3 is 5.97 Å². The number of rotatable bonds is 7. The minimum Gasteiger partial charge on any atom is -0.497 e. The second kappa shape index (κ2) is 6.74. The zero-order chi connectivity index (χ0) is 15.3. The molecule has 5 nitrogen and oxygen atoms in total. The first-order valence-corrected chi connectivity index (χ1v) is 7.94. The molecule has 0 aliphatic heterocycles. The molecule has 1 rings (SSSR count). The van der Waals surface area contributed by atoms with Gasteiger partial charge in [0.25, 0.3) is 0 Å². The van der Waals surface area contributed by atoms with E-state index in [1.807, 2.05) is 13.8 Å². The molecule has 0 saturated carbocycles. The van der Waals surface area contributed by atoms with Crippen molar-refractivity contribution in [3.05, 3.63) is 24.3 Å². The van der Waals surface area contributed by atoms with Gasteiger partial charge in [0.1, 0.15) is 5.75 Å². The molecule has 0 aliphatic carbocycles. The van der Waals surface area contributed by atoms with Gasteiger partial charge in [-0.05, 0) is 43.0 Å². The topological polar surface area (TPSA) is 80.7 Å². The minimum atomic E-state index is -3.88. The Bertz CT molecular complexity index is 545. The lowest BCUT2D eigenvalue weighted by molar-refractivity contribution is -0.136. The Labute approximate surface area is 119 Å². The van der Waals surface area contributed by atoms with Crippen LogP contribution in [0, 0.1) is 5.92 Å². The van der Waals surface area contributed by atoms with Crippen LogP contribution in [0.3, 0.4) is 0 Å². The first-order chi connectivity index (χ1) is 9.28. The van der Waals surface area contributed by atoms with Gasteiger partial charge in [-0.1, -0.05) is 13.8 Å². The largest absolute Gasteiger partial charge is 0.497 e. The number of hydrogen-bond donors (Lipinski definition) is 1. The Hall–Kier alpha value is -1.56. The van der Waals surface area contributed by atoms with E-state index in [9.17, 15) is 18.3 Å². The van der Waals surface area contributed by atoms with Crippen molar-refractivity contribution in [3.8, 4) is 5.75 Å². The molecule has 0 heterocycles. The predicted octanol–water partition coefficient (Wildman–Crippen LogP) is 2.36. The summed E-state index contributed by atoms with van der Waals surface area (Å²) in [6.07, 6.45) is 0.660. The summed E-state index contributed by atoms with van der Waals surface area (Å²) >= 11 is 0. The Kier molecular flexibility index (Phi) is 5.56. The SMILES string of the molecule is COc1ccc(S(=O)(=O)C(CCC(C)C)C(=O)O)cc1. The second-order valence-electron chi connectivity index (χ2n) is 5.02. The number of ether oxygens (including phenoxy) is 1. The van der Waals surface area contributed by atoms with Crippen LogP contribution in [0.25, 0.3) is 0 Å².